The van der Waals surface area contributed by atoms with Crippen LogP contribution in [-0.2, 0) is 4.79 Å². The molecule has 2 aromatic carbocycles. The van der Waals surface area contributed by atoms with Gasteiger partial charge in [0.1, 0.15) is 11.9 Å². The van der Waals surface area contributed by atoms with Crippen molar-refractivity contribution in [3.05, 3.63) is 65.7 Å². The van der Waals surface area contributed by atoms with Gasteiger partial charge in [0.15, 0.2) is 6.61 Å². The minimum absolute atomic E-state index is 0.00256. The highest BCUT2D eigenvalue weighted by Gasteiger charge is 2.28. The molecule has 2 heterocycles. The summed E-state index contributed by atoms with van der Waals surface area (Å²) in [6, 6.07) is 18.7. The quantitative estimate of drug-likeness (QED) is 0.670. The lowest BCUT2D eigenvalue weighted by molar-refractivity contribution is -0.132. The van der Waals surface area contributed by atoms with E-state index in [1.807, 2.05) is 36.4 Å². The summed E-state index contributed by atoms with van der Waals surface area (Å²) in [5.41, 5.74) is 0.900. The minimum atomic E-state index is -0.0573. The summed E-state index contributed by atoms with van der Waals surface area (Å²) < 4.78 is 11.5. The van der Waals surface area contributed by atoms with Crippen molar-refractivity contribution in [1.29, 1.82) is 0 Å². The van der Waals surface area contributed by atoms with E-state index in [4.69, 9.17) is 21.1 Å². The van der Waals surface area contributed by atoms with Gasteiger partial charge in [-0.1, -0.05) is 29.8 Å². The van der Waals surface area contributed by atoms with Gasteiger partial charge >= 0.3 is 0 Å². The maximum absolute atomic E-state index is 12.4. The molecule has 4 rings (SSSR count). The van der Waals surface area contributed by atoms with E-state index in [-0.39, 0.29) is 18.6 Å². The normalized spacial score (nSPS) is 16.5. The SMILES string of the molecule is O=C(COc1ccc(Cl)cc1)N1CCC(Oc2ccc3ccccc3n2)C1. The van der Waals surface area contributed by atoms with E-state index in [2.05, 4.69) is 4.98 Å². The number of benzene rings is 2. The molecule has 1 amide bonds. The first kappa shape index (κ1) is 17.6. The zero-order valence-electron chi connectivity index (χ0n) is 14.7. The fourth-order valence-electron chi connectivity index (χ4n) is 3.10. The lowest BCUT2D eigenvalue weighted by Crippen LogP contribution is -2.34. The number of pyridine rings is 1. The van der Waals surface area contributed by atoms with Crippen molar-refractivity contribution in [1.82, 2.24) is 9.88 Å². The molecule has 3 aromatic rings. The first-order valence-corrected chi connectivity index (χ1v) is 9.24. The van der Waals surface area contributed by atoms with Crippen LogP contribution in [0.4, 0.5) is 0 Å². The highest BCUT2D eigenvalue weighted by molar-refractivity contribution is 6.30. The van der Waals surface area contributed by atoms with E-state index in [9.17, 15) is 4.79 Å². The van der Waals surface area contributed by atoms with Crippen molar-refractivity contribution in [3.63, 3.8) is 0 Å². The van der Waals surface area contributed by atoms with Crippen molar-refractivity contribution in [2.45, 2.75) is 12.5 Å². The van der Waals surface area contributed by atoms with Gasteiger partial charge in [-0.15, -0.1) is 0 Å². The molecule has 6 heteroatoms. The Kier molecular flexibility index (Phi) is 5.12. The summed E-state index contributed by atoms with van der Waals surface area (Å²) in [6.07, 6.45) is 0.722. The summed E-state index contributed by atoms with van der Waals surface area (Å²) in [5, 5.41) is 1.71. The van der Waals surface area contributed by atoms with E-state index in [1.54, 1.807) is 29.2 Å². The van der Waals surface area contributed by atoms with Gasteiger partial charge in [-0.3, -0.25) is 4.79 Å². The maximum atomic E-state index is 12.4. The fourth-order valence-corrected chi connectivity index (χ4v) is 3.23. The summed E-state index contributed by atoms with van der Waals surface area (Å²) in [4.78, 5) is 18.7. The average Bonchev–Trinajstić information content (AvgIpc) is 3.16. The molecule has 0 N–H and O–H groups in total. The van der Waals surface area contributed by atoms with Crippen molar-refractivity contribution in [3.8, 4) is 11.6 Å². The van der Waals surface area contributed by atoms with E-state index in [0.717, 1.165) is 17.3 Å². The predicted molar refractivity (Wildman–Crippen MR) is 104 cm³/mol. The molecule has 1 aromatic heterocycles. The number of nitrogens with zero attached hydrogens (tertiary/aromatic N) is 2. The van der Waals surface area contributed by atoms with Gasteiger partial charge < -0.3 is 14.4 Å². The lowest BCUT2D eigenvalue weighted by Gasteiger charge is -2.17. The molecule has 1 fully saturated rings. The molecule has 1 saturated heterocycles. The zero-order valence-corrected chi connectivity index (χ0v) is 15.4. The molecule has 0 spiro atoms. The molecular weight excluding hydrogens is 364 g/mol. The van der Waals surface area contributed by atoms with E-state index in [0.29, 0.717) is 29.7 Å². The Hall–Kier alpha value is -2.79. The van der Waals surface area contributed by atoms with Crippen LogP contribution in [0, 0.1) is 0 Å². The molecule has 1 unspecified atom stereocenters. The van der Waals surface area contributed by atoms with E-state index >= 15 is 0 Å². The van der Waals surface area contributed by atoms with Crippen LogP contribution in [0.5, 0.6) is 11.6 Å². The number of rotatable bonds is 5. The number of hydrogen-bond acceptors (Lipinski definition) is 4. The molecule has 0 saturated carbocycles. The number of amides is 1. The fraction of sp³-hybridized carbons (Fsp3) is 0.238. The van der Waals surface area contributed by atoms with Gasteiger partial charge in [0.05, 0.1) is 12.1 Å². The van der Waals surface area contributed by atoms with Gasteiger partial charge in [0.25, 0.3) is 5.91 Å². The van der Waals surface area contributed by atoms with Crippen LogP contribution in [0.15, 0.2) is 60.7 Å². The molecule has 1 aliphatic rings. The summed E-state index contributed by atoms with van der Waals surface area (Å²) >= 11 is 5.84. The zero-order chi connectivity index (χ0) is 18.6. The predicted octanol–water partition coefficient (Wildman–Crippen LogP) is 3.95. The second-order valence-electron chi connectivity index (χ2n) is 6.45. The largest absolute Gasteiger partial charge is 0.484 e. The van der Waals surface area contributed by atoms with Crippen molar-refractivity contribution >= 4 is 28.4 Å². The smallest absolute Gasteiger partial charge is 0.260 e. The van der Waals surface area contributed by atoms with Crippen LogP contribution in [0.2, 0.25) is 5.02 Å². The summed E-state index contributed by atoms with van der Waals surface area (Å²) in [5.74, 6) is 1.16. The Morgan fingerprint density at radius 1 is 1.11 bits per heavy atom. The van der Waals surface area contributed by atoms with Crippen LogP contribution in [0.3, 0.4) is 0 Å². The van der Waals surface area contributed by atoms with Crippen LogP contribution >= 0.6 is 11.6 Å². The number of halogens is 1. The minimum Gasteiger partial charge on any atom is -0.484 e. The van der Waals surface area contributed by atoms with Gasteiger partial charge in [0, 0.05) is 29.4 Å². The third-order valence-electron chi connectivity index (χ3n) is 4.53. The molecule has 0 aliphatic carbocycles. The first-order valence-electron chi connectivity index (χ1n) is 8.86. The van der Waals surface area contributed by atoms with Gasteiger partial charge in [0.2, 0.25) is 5.88 Å². The number of carbonyl (C=O) groups excluding carboxylic acids is 1. The monoisotopic (exact) mass is 382 g/mol. The third kappa shape index (κ3) is 4.31. The molecule has 0 bridgehead atoms. The molecule has 1 aliphatic heterocycles. The van der Waals surface area contributed by atoms with Crippen LogP contribution in [0.25, 0.3) is 10.9 Å². The Morgan fingerprint density at radius 3 is 2.78 bits per heavy atom. The molecule has 1 atom stereocenters. The number of ether oxygens (including phenoxy) is 2. The highest BCUT2D eigenvalue weighted by atomic mass is 35.5. The topological polar surface area (TPSA) is 51.7 Å². The number of hydrogen-bond donors (Lipinski definition) is 0. The van der Waals surface area contributed by atoms with Crippen LogP contribution < -0.4 is 9.47 Å². The second kappa shape index (κ2) is 7.84. The lowest BCUT2D eigenvalue weighted by atomic mass is 10.2. The number of carbonyl (C=O) groups is 1. The Balaban J connectivity index is 1.31. The second-order valence-corrected chi connectivity index (χ2v) is 6.89. The number of aromatic nitrogens is 1. The number of fused-ring (bicyclic) bond motifs is 1. The van der Waals surface area contributed by atoms with Gasteiger partial charge in [-0.05, 0) is 36.4 Å². The number of para-hydroxylation sites is 1. The average molecular weight is 383 g/mol. The first-order chi connectivity index (χ1) is 13.2. The summed E-state index contributed by atoms with van der Waals surface area (Å²) in [7, 11) is 0. The standard InChI is InChI=1S/C21H19ClN2O3/c22-16-6-8-17(9-7-16)26-14-21(25)24-12-11-18(13-24)27-20-10-5-15-3-1-2-4-19(15)23-20/h1-10,18H,11-14H2. The van der Waals surface area contributed by atoms with Crippen molar-refractivity contribution < 1.29 is 14.3 Å². The van der Waals surface area contributed by atoms with Gasteiger partial charge in [-0.2, -0.15) is 0 Å². The van der Waals surface area contributed by atoms with E-state index in [1.165, 1.54) is 0 Å². The Labute approximate surface area is 162 Å². The molecule has 0 radical (unpaired) electrons. The Bertz CT molecular complexity index is 946. The van der Waals surface area contributed by atoms with Crippen molar-refractivity contribution in [2.24, 2.45) is 0 Å². The van der Waals surface area contributed by atoms with E-state index < -0.39 is 0 Å². The van der Waals surface area contributed by atoms with Crippen LogP contribution in [-0.4, -0.2) is 41.6 Å². The summed E-state index contributed by atoms with van der Waals surface area (Å²) in [6.45, 7) is 1.20. The third-order valence-corrected chi connectivity index (χ3v) is 4.79. The Morgan fingerprint density at radius 2 is 1.93 bits per heavy atom. The molecule has 27 heavy (non-hydrogen) atoms. The molecule has 5 nitrogen and oxygen atoms in total. The van der Waals surface area contributed by atoms with Crippen LogP contribution in [0.1, 0.15) is 6.42 Å². The molecular formula is C21H19ClN2O3. The van der Waals surface area contributed by atoms with Crippen molar-refractivity contribution in [2.75, 3.05) is 19.7 Å². The highest BCUT2D eigenvalue weighted by Crippen LogP contribution is 2.21. The maximum Gasteiger partial charge on any atom is 0.260 e. The van der Waals surface area contributed by atoms with Gasteiger partial charge in [-0.25, -0.2) is 4.98 Å². The molecule has 138 valence electrons. The number of likely N-dealkylation sites (tertiary alicyclic amines) is 1.